The van der Waals surface area contributed by atoms with Gasteiger partial charge in [0.2, 0.25) is 10.0 Å². The van der Waals surface area contributed by atoms with E-state index in [1.165, 1.54) is 22.5 Å². The molecule has 2 heterocycles. The van der Waals surface area contributed by atoms with Crippen LogP contribution in [0.2, 0.25) is 0 Å². The zero-order valence-corrected chi connectivity index (χ0v) is 17.5. The van der Waals surface area contributed by atoms with Gasteiger partial charge in [-0.2, -0.15) is 4.31 Å². The summed E-state index contributed by atoms with van der Waals surface area (Å²) in [6.07, 6.45) is 0.282. The highest BCUT2D eigenvalue weighted by molar-refractivity contribution is 7.89. The molecule has 2 aromatic rings. The maximum Gasteiger partial charge on any atom is 0.325 e. The number of nitrogens with zero attached hydrogens (tertiary/aromatic N) is 2. The second-order valence-corrected chi connectivity index (χ2v) is 9.43. The van der Waals surface area contributed by atoms with Gasteiger partial charge in [-0.3, -0.25) is 9.69 Å². The van der Waals surface area contributed by atoms with Crippen molar-refractivity contribution >= 4 is 22.0 Å². The molecule has 1 N–H and O–H groups in total. The molecule has 0 atom stereocenters. The minimum atomic E-state index is -3.88. The molecule has 0 radical (unpaired) electrons. The Morgan fingerprint density at radius 1 is 1.03 bits per heavy atom. The molecule has 4 rings (SSSR count). The van der Waals surface area contributed by atoms with Crippen LogP contribution >= 0.6 is 0 Å². The van der Waals surface area contributed by atoms with Gasteiger partial charge in [0.1, 0.15) is 23.7 Å². The molecule has 31 heavy (non-hydrogen) atoms. The summed E-state index contributed by atoms with van der Waals surface area (Å²) >= 11 is 0. The second kappa shape index (κ2) is 8.27. The fourth-order valence-corrected chi connectivity index (χ4v) is 5.35. The van der Waals surface area contributed by atoms with Crippen LogP contribution in [0.4, 0.5) is 9.18 Å². The van der Waals surface area contributed by atoms with E-state index in [0.717, 1.165) is 11.0 Å². The van der Waals surface area contributed by atoms with E-state index in [2.05, 4.69) is 5.32 Å². The number of benzene rings is 2. The summed E-state index contributed by atoms with van der Waals surface area (Å²) in [5.41, 5.74) is -1.13. The van der Waals surface area contributed by atoms with Gasteiger partial charge < -0.3 is 10.1 Å². The summed E-state index contributed by atoms with van der Waals surface area (Å²) in [5.74, 6) is -0.377. The van der Waals surface area contributed by atoms with Crippen LogP contribution in [0.1, 0.15) is 12.8 Å². The molecule has 0 aliphatic carbocycles. The molecular formula is C21H22FN3O5S. The third-order valence-corrected chi connectivity index (χ3v) is 7.48. The van der Waals surface area contributed by atoms with Crippen LogP contribution in [-0.2, 0) is 14.8 Å². The van der Waals surface area contributed by atoms with Crippen LogP contribution in [0.5, 0.6) is 5.75 Å². The highest BCUT2D eigenvalue weighted by atomic mass is 32.2. The summed E-state index contributed by atoms with van der Waals surface area (Å²) in [6.45, 7) is 0.324. The molecule has 2 aliphatic heterocycles. The summed E-state index contributed by atoms with van der Waals surface area (Å²) < 4.78 is 45.8. The first-order chi connectivity index (χ1) is 14.8. The van der Waals surface area contributed by atoms with Crippen molar-refractivity contribution in [2.45, 2.75) is 23.3 Å². The Bertz CT molecular complexity index is 1090. The molecule has 164 valence electrons. The normalized spacial score (nSPS) is 18.9. The van der Waals surface area contributed by atoms with Crippen molar-refractivity contribution in [3.05, 3.63) is 60.4 Å². The number of halogens is 1. The molecule has 3 amide bonds. The summed E-state index contributed by atoms with van der Waals surface area (Å²) in [4.78, 5) is 26.4. The molecule has 0 saturated carbocycles. The number of imide groups is 1. The number of hydrogen-bond acceptors (Lipinski definition) is 5. The minimum absolute atomic E-state index is 0.0409. The lowest BCUT2D eigenvalue weighted by Gasteiger charge is -2.36. The van der Waals surface area contributed by atoms with Crippen molar-refractivity contribution in [3.8, 4) is 5.75 Å². The highest BCUT2D eigenvalue weighted by Crippen LogP contribution is 2.32. The maximum absolute atomic E-state index is 13.5. The van der Waals surface area contributed by atoms with Crippen molar-refractivity contribution in [2.24, 2.45) is 0 Å². The van der Waals surface area contributed by atoms with Crippen molar-refractivity contribution in [1.29, 1.82) is 0 Å². The smallest absolute Gasteiger partial charge is 0.325 e. The number of para-hydroxylation sites is 1. The maximum atomic E-state index is 13.5. The molecule has 2 aromatic carbocycles. The monoisotopic (exact) mass is 447 g/mol. The number of hydrogen-bond donors (Lipinski definition) is 1. The summed E-state index contributed by atoms with van der Waals surface area (Å²) in [6, 6.07) is 13.4. The Morgan fingerprint density at radius 2 is 1.74 bits per heavy atom. The van der Waals surface area contributed by atoms with E-state index in [-0.39, 0.29) is 49.9 Å². The van der Waals surface area contributed by atoms with Crippen LogP contribution in [0.25, 0.3) is 0 Å². The zero-order chi connectivity index (χ0) is 22.1. The predicted molar refractivity (Wildman–Crippen MR) is 109 cm³/mol. The third kappa shape index (κ3) is 4.13. The van der Waals surface area contributed by atoms with Gasteiger partial charge in [0.05, 0.1) is 11.4 Å². The predicted octanol–water partition coefficient (Wildman–Crippen LogP) is 1.98. The molecular weight excluding hydrogens is 425 g/mol. The number of ether oxygens (including phenoxy) is 1. The van der Waals surface area contributed by atoms with Crippen LogP contribution in [0, 0.1) is 5.82 Å². The van der Waals surface area contributed by atoms with Gasteiger partial charge in [-0.1, -0.05) is 24.3 Å². The molecule has 0 bridgehead atoms. The SMILES string of the molecule is O=C1NC2(CCN(S(=O)(=O)c3cccc(F)c3)CC2)C(=O)N1CCOc1ccccc1. The van der Waals surface area contributed by atoms with Gasteiger partial charge in [0, 0.05) is 13.1 Å². The second-order valence-electron chi connectivity index (χ2n) is 7.49. The van der Waals surface area contributed by atoms with E-state index < -0.39 is 27.4 Å². The Labute approximate surface area is 179 Å². The Kier molecular flexibility index (Phi) is 5.67. The van der Waals surface area contributed by atoms with Gasteiger partial charge in [-0.05, 0) is 43.2 Å². The average Bonchev–Trinajstić information content (AvgIpc) is 2.99. The largest absolute Gasteiger partial charge is 0.492 e. The van der Waals surface area contributed by atoms with Gasteiger partial charge in [-0.15, -0.1) is 0 Å². The van der Waals surface area contributed by atoms with Gasteiger partial charge in [0.25, 0.3) is 5.91 Å². The zero-order valence-electron chi connectivity index (χ0n) is 16.7. The van der Waals surface area contributed by atoms with E-state index in [1.807, 2.05) is 18.2 Å². The molecule has 2 saturated heterocycles. The molecule has 0 aromatic heterocycles. The summed E-state index contributed by atoms with van der Waals surface area (Å²) in [7, 11) is -3.88. The van der Waals surface area contributed by atoms with Gasteiger partial charge >= 0.3 is 6.03 Å². The first-order valence-corrected chi connectivity index (χ1v) is 11.3. The Hall–Kier alpha value is -2.98. The number of sulfonamides is 1. The number of urea groups is 1. The van der Waals surface area contributed by atoms with Crippen molar-refractivity contribution < 1.29 is 27.1 Å². The Morgan fingerprint density at radius 3 is 2.42 bits per heavy atom. The number of carbonyl (C=O) groups is 2. The topological polar surface area (TPSA) is 96.0 Å². The first kappa shape index (κ1) is 21.3. The quantitative estimate of drug-likeness (QED) is 0.684. The lowest BCUT2D eigenvalue weighted by Crippen LogP contribution is -2.55. The number of amides is 3. The molecule has 2 aliphatic rings. The lowest BCUT2D eigenvalue weighted by molar-refractivity contribution is -0.132. The molecule has 1 spiro atoms. The standard InChI is InChI=1S/C21H22FN3O5S/c22-16-5-4-8-18(15-16)31(28,29)24-11-9-21(10-12-24)19(26)25(20(27)23-21)13-14-30-17-6-2-1-3-7-17/h1-8,15H,9-14H2,(H,23,27). The van der Waals surface area contributed by atoms with Crippen molar-refractivity contribution in [2.75, 3.05) is 26.2 Å². The Balaban J connectivity index is 1.39. The summed E-state index contributed by atoms with van der Waals surface area (Å²) in [5, 5.41) is 2.74. The number of piperidine rings is 1. The number of nitrogens with one attached hydrogen (secondary N) is 1. The first-order valence-electron chi connectivity index (χ1n) is 9.90. The van der Waals surface area contributed by atoms with Gasteiger partial charge in [-0.25, -0.2) is 17.6 Å². The van der Waals surface area contributed by atoms with E-state index >= 15 is 0 Å². The van der Waals surface area contributed by atoms with Gasteiger partial charge in [0.15, 0.2) is 0 Å². The minimum Gasteiger partial charge on any atom is -0.492 e. The fraction of sp³-hybridized carbons (Fsp3) is 0.333. The van der Waals surface area contributed by atoms with Crippen molar-refractivity contribution in [1.82, 2.24) is 14.5 Å². The number of carbonyl (C=O) groups excluding carboxylic acids is 2. The molecule has 0 unspecified atom stereocenters. The van der Waals surface area contributed by atoms with Crippen LogP contribution < -0.4 is 10.1 Å². The van der Waals surface area contributed by atoms with E-state index in [1.54, 1.807) is 12.1 Å². The third-order valence-electron chi connectivity index (χ3n) is 5.58. The fourth-order valence-electron chi connectivity index (χ4n) is 3.87. The lowest BCUT2D eigenvalue weighted by atomic mass is 9.88. The highest BCUT2D eigenvalue weighted by Gasteiger charge is 2.53. The molecule has 10 heteroatoms. The van der Waals surface area contributed by atoms with Crippen LogP contribution in [-0.4, -0.2) is 61.3 Å². The molecule has 8 nitrogen and oxygen atoms in total. The molecule has 2 fully saturated rings. The number of rotatable bonds is 6. The van der Waals surface area contributed by atoms with E-state index in [9.17, 15) is 22.4 Å². The van der Waals surface area contributed by atoms with Crippen molar-refractivity contribution in [3.63, 3.8) is 0 Å². The van der Waals surface area contributed by atoms with E-state index in [4.69, 9.17) is 4.74 Å². The van der Waals surface area contributed by atoms with Crippen LogP contribution in [0.15, 0.2) is 59.5 Å². The van der Waals surface area contributed by atoms with E-state index in [0.29, 0.717) is 5.75 Å². The average molecular weight is 447 g/mol. The van der Waals surface area contributed by atoms with Crippen LogP contribution in [0.3, 0.4) is 0 Å².